The second kappa shape index (κ2) is 13.1. The van der Waals surface area contributed by atoms with Crippen LogP contribution in [-0.4, -0.2) is 53.0 Å². The Morgan fingerprint density at radius 1 is 0.957 bits per heavy atom. The SMILES string of the molecule is COC1=CC(c2ccc(-c3nc(-c4ccc(C[C@H](NC(=O)c5ccc(C(C)(C)C)cc5)C(=O)O)cc4)no3)cc2)=CC(C)(OC)C1. The van der Waals surface area contributed by atoms with Crippen LogP contribution in [0.15, 0.2) is 95.2 Å². The van der Waals surface area contributed by atoms with Gasteiger partial charge >= 0.3 is 5.97 Å². The molecule has 0 saturated heterocycles. The first-order valence-corrected chi connectivity index (χ1v) is 15.1. The van der Waals surface area contributed by atoms with E-state index in [0.717, 1.165) is 33.6 Å². The van der Waals surface area contributed by atoms with Gasteiger partial charge in [-0.25, -0.2) is 4.79 Å². The Balaban J connectivity index is 1.24. The molecule has 0 radical (unpaired) electrons. The van der Waals surface area contributed by atoms with Crippen LogP contribution in [0.3, 0.4) is 0 Å². The van der Waals surface area contributed by atoms with Crippen LogP contribution in [0.25, 0.3) is 28.4 Å². The highest BCUT2D eigenvalue weighted by atomic mass is 16.5. The zero-order valence-electron chi connectivity index (χ0n) is 27.0. The number of carbonyl (C=O) groups excluding carboxylic acids is 1. The number of amides is 1. The first kappa shape index (κ1) is 32.4. The fourth-order valence-corrected chi connectivity index (χ4v) is 5.27. The van der Waals surface area contributed by atoms with Crippen molar-refractivity contribution in [3.8, 4) is 22.8 Å². The molecule has 0 saturated carbocycles. The summed E-state index contributed by atoms with van der Waals surface area (Å²) in [5.41, 5.74) is 5.24. The lowest BCUT2D eigenvalue weighted by Gasteiger charge is -2.30. The van der Waals surface area contributed by atoms with Gasteiger partial charge in [0.1, 0.15) is 6.04 Å². The summed E-state index contributed by atoms with van der Waals surface area (Å²) in [5, 5.41) is 16.6. The van der Waals surface area contributed by atoms with Gasteiger partial charge < -0.3 is 24.4 Å². The van der Waals surface area contributed by atoms with Crippen LogP contribution in [0.4, 0.5) is 0 Å². The summed E-state index contributed by atoms with van der Waals surface area (Å²) in [4.78, 5) is 29.4. The number of carboxylic acid groups (broad SMARTS) is 1. The van der Waals surface area contributed by atoms with Crippen molar-refractivity contribution in [2.24, 2.45) is 0 Å². The van der Waals surface area contributed by atoms with Crippen molar-refractivity contribution >= 4 is 17.4 Å². The molecule has 2 atom stereocenters. The molecule has 238 valence electrons. The maximum Gasteiger partial charge on any atom is 0.326 e. The summed E-state index contributed by atoms with van der Waals surface area (Å²) in [6.07, 6.45) is 4.89. The van der Waals surface area contributed by atoms with Gasteiger partial charge in [0.2, 0.25) is 5.82 Å². The Morgan fingerprint density at radius 2 is 1.59 bits per heavy atom. The van der Waals surface area contributed by atoms with E-state index in [9.17, 15) is 14.7 Å². The molecule has 0 aliphatic heterocycles. The first-order valence-electron chi connectivity index (χ1n) is 15.1. The lowest BCUT2D eigenvalue weighted by Crippen LogP contribution is -2.42. The molecule has 0 spiro atoms. The van der Waals surface area contributed by atoms with Gasteiger partial charge in [-0.1, -0.05) is 74.5 Å². The summed E-state index contributed by atoms with van der Waals surface area (Å²) in [6, 6.07) is 21.2. The van der Waals surface area contributed by atoms with E-state index in [1.165, 1.54) is 0 Å². The molecule has 1 unspecified atom stereocenters. The lowest BCUT2D eigenvalue weighted by molar-refractivity contribution is -0.139. The van der Waals surface area contributed by atoms with Crippen molar-refractivity contribution in [2.75, 3.05) is 14.2 Å². The van der Waals surface area contributed by atoms with Crippen molar-refractivity contribution in [1.82, 2.24) is 15.5 Å². The molecule has 1 aliphatic carbocycles. The molecule has 46 heavy (non-hydrogen) atoms. The largest absolute Gasteiger partial charge is 0.501 e. The van der Waals surface area contributed by atoms with Crippen LogP contribution in [0, 0.1) is 0 Å². The number of nitrogens with one attached hydrogen (secondary N) is 1. The van der Waals surface area contributed by atoms with Crippen molar-refractivity contribution in [3.63, 3.8) is 0 Å². The topological polar surface area (TPSA) is 124 Å². The van der Waals surface area contributed by atoms with Gasteiger partial charge in [0.05, 0.1) is 18.5 Å². The van der Waals surface area contributed by atoms with Crippen LogP contribution in [0.2, 0.25) is 0 Å². The van der Waals surface area contributed by atoms with Gasteiger partial charge in [0, 0.05) is 36.6 Å². The van der Waals surface area contributed by atoms with Gasteiger partial charge in [0.15, 0.2) is 0 Å². The normalized spacial score (nSPS) is 17.1. The Morgan fingerprint density at radius 3 is 2.17 bits per heavy atom. The number of aromatic nitrogens is 2. The standard InChI is InChI=1S/C37H39N3O6/c1-36(2,3)29-17-15-26(16-18-29)33(41)38-31(35(42)43)19-23-7-9-25(10-8-23)32-39-34(46-40-32)27-13-11-24(12-14-27)28-20-30(44-5)22-37(4,21-28)45-6/h7-18,20-21,31H,19,22H2,1-6H3,(H,38,41)(H,42,43)/t31-,37?/m0/s1. The zero-order valence-corrected chi connectivity index (χ0v) is 27.0. The fourth-order valence-electron chi connectivity index (χ4n) is 5.27. The number of rotatable bonds is 10. The van der Waals surface area contributed by atoms with E-state index >= 15 is 0 Å². The molecule has 1 heterocycles. The van der Waals surface area contributed by atoms with Crippen LogP contribution < -0.4 is 5.32 Å². The molecule has 1 amide bonds. The third kappa shape index (κ3) is 7.43. The van der Waals surface area contributed by atoms with Crippen LogP contribution in [-0.2, 0) is 26.1 Å². The number of ether oxygens (including phenoxy) is 2. The number of benzene rings is 3. The fraction of sp³-hybridized carbons (Fsp3) is 0.297. The Hall–Kier alpha value is -5.02. The number of hydrogen-bond acceptors (Lipinski definition) is 7. The third-order valence-electron chi connectivity index (χ3n) is 8.19. The van der Waals surface area contributed by atoms with Crippen molar-refractivity contribution in [2.45, 2.75) is 57.6 Å². The summed E-state index contributed by atoms with van der Waals surface area (Å²) < 4.78 is 16.8. The number of methoxy groups -OCH3 is 2. The minimum absolute atomic E-state index is 0.0483. The van der Waals surface area contributed by atoms with E-state index in [-0.39, 0.29) is 11.8 Å². The third-order valence-corrected chi connectivity index (χ3v) is 8.19. The van der Waals surface area contributed by atoms with Crippen LogP contribution in [0.1, 0.15) is 61.2 Å². The number of carbonyl (C=O) groups is 2. The molecule has 5 rings (SSSR count). The lowest BCUT2D eigenvalue weighted by atomic mass is 9.86. The van der Waals surface area contributed by atoms with E-state index in [4.69, 9.17) is 14.0 Å². The van der Waals surface area contributed by atoms with E-state index in [1.807, 2.05) is 49.4 Å². The molecule has 2 N–H and O–H groups in total. The van der Waals surface area contributed by atoms with Crippen molar-refractivity contribution in [1.29, 1.82) is 0 Å². The quantitative estimate of drug-likeness (QED) is 0.197. The molecule has 1 aliphatic rings. The Labute approximate surface area is 269 Å². The summed E-state index contributed by atoms with van der Waals surface area (Å²) in [7, 11) is 3.35. The highest BCUT2D eigenvalue weighted by molar-refractivity contribution is 5.96. The number of carboxylic acids is 1. The summed E-state index contributed by atoms with van der Waals surface area (Å²) in [6.45, 7) is 8.30. The van der Waals surface area contributed by atoms with E-state index in [0.29, 0.717) is 29.3 Å². The van der Waals surface area contributed by atoms with Gasteiger partial charge in [-0.2, -0.15) is 4.98 Å². The van der Waals surface area contributed by atoms with Crippen molar-refractivity contribution < 1.29 is 28.7 Å². The number of hydrogen-bond donors (Lipinski definition) is 2. The van der Waals surface area contributed by atoms with Crippen molar-refractivity contribution in [3.05, 3.63) is 113 Å². The average molecular weight is 622 g/mol. The highest BCUT2D eigenvalue weighted by Gasteiger charge is 2.28. The molecular formula is C37H39N3O6. The van der Waals surface area contributed by atoms with Gasteiger partial charge in [-0.05, 0) is 71.0 Å². The second-order valence-electron chi connectivity index (χ2n) is 12.7. The molecule has 1 aromatic heterocycles. The predicted molar refractivity (Wildman–Crippen MR) is 176 cm³/mol. The maximum atomic E-state index is 12.8. The second-order valence-corrected chi connectivity index (χ2v) is 12.7. The minimum Gasteiger partial charge on any atom is -0.501 e. The molecular weight excluding hydrogens is 582 g/mol. The number of allylic oxidation sites excluding steroid dienone is 2. The molecule has 9 heteroatoms. The predicted octanol–water partition coefficient (Wildman–Crippen LogP) is 6.85. The summed E-state index contributed by atoms with van der Waals surface area (Å²) >= 11 is 0. The Bertz CT molecular complexity index is 1760. The van der Waals surface area contributed by atoms with Gasteiger partial charge in [0.25, 0.3) is 11.8 Å². The number of nitrogens with zero attached hydrogens (tertiary/aromatic N) is 2. The molecule has 4 aromatic rings. The van der Waals surface area contributed by atoms with Gasteiger partial charge in [-0.3, -0.25) is 4.79 Å². The zero-order chi connectivity index (χ0) is 33.1. The average Bonchev–Trinajstić information content (AvgIpc) is 3.54. The van der Waals surface area contributed by atoms with Crippen LogP contribution in [0.5, 0.6) is 0 Å². The van der Waals surface area contributed by atoms with E-state index in [1.54, 1.807) is 50.6 Å². The summed E-state index contributed by atoms with van der Waals surface area (Å²) in [5.74, 6) is 0.0917. The Kier molecular flexibility index (Phi) is 9.25. The molecule has 0 fully saturated rings. The van der Waals surface area contributed by atoms with Gasteiger partial charge in [-0.15, -0.1) is 0 Å². The highest BCUT2D eigenvalue weighted by Crippen LogP contribution is 2.34. The minimum atomic E-state index is -1.11. The molecule has 9 nitrogen and oxygen atoms in total. The number of aliphatic carboxylic acids is 1. The molecule has 0 bridgehead atoms. The maximum absolute atomic E-state index is 12.8. The monoisotopic (exact) mass is 621 g/mol. The first-order chi connectivity index (χ1) is 21.9. The van der Waals surface area contributed by atoms with E-state index in [2.05, 4.69) is 42.3 Å². The van der Waals surface area contributed by atoms with E-state index < -0.39 is 23.5 Å². The molecule has 3 aromatic carbocycles. The van der Waals surface area contributed by atoms with Crippen LogP contribution >= 0.6 is 0 Å². The smallest absolute Gasteiger partial charge is 0.326 e.